The number of aromatic nitrogens is 4. The van der Waals surface area contributed by atoms with Gasteiger partial charge in [0, 0.05) is 0 Å². The Labute approximate surface area is 170 Å². The Morgan fingerprint density at radius 3 is 2.83 bits per heavy atom. The Balaban J connectivity index is 1.74. The van der Waals surface area contributed by atoms with Crippen molar-refractivity contribution in [3.8, 4) is 5.88 Å². The third-order valence-corrected chi connectivity index (χ3v) is 6.22. The molecule has 0 amide bonds. The van der Waals surface area contributed by atoms with Crippen LogP contribution in [0.2, 0.25) is 0 Å². The summed E-state index contributed by atoms with van der Waals surface area (Å²) in [4.78, 5) is 12.2. The molecule has 166 valence electrons. The van der Waals surface area contributed by atoms with Crippen LogP contribution in [0.3, 0.4) is 0 Å². The molecule has 1 unspecified atom stereocenters. The Bertz CT molecular complexity index is 1020. The van der Waals surface area contributed by atoms with Crippen molar-refractivity contribution in [3.05, 3.63) is 6.33 Å². The minimum atomic E-state index is -4.19. The SMILES string of the molecule is CCOc1nc(N)nc2c1ncn2[C@@H]1O[C@]2(F)COP(=O)(OC(C)C)O[C@H]2[C@@]1(C)F. The maximum absolute atomic E-state index is 15.9. The second-order valence-electron chi connectivity index (χ2n) is 7.41. The molecule has 11 nitrogen and oxygen atoms in total. The largest absolute Gasteiger partial charge is 0.476 e. The molecule has 2 saturated heterocycles. The minimum Gasteiger partial charge on any atom is -0.476 e. The fraction of sp³-hybridized carbons (Fsp3) is 0.688. The third kappa shape index (κ3) is 3.34. The second-order valence-corrected chi connectivity index (χ2v) is 8.99. The molecule has 4 heterocycles. The van der Waals surface area contributed by atoms with Gasteiger partial charge in [-0.15, -0.1) is 0 Å². The van der Waals surface area contributed by atoms with Crippen molar-refractivity contribution in [2.45, 2.75) is 57.7 Å². The van der Waals surface area contributed by atoms with Crippen LogP contribution in [0, 0.1) is 0 Å². The van der Waals surface area contributed by atoms with E-state index in [2.05, 4.69) is 15.0 Å². The summed E-state index contributed by atoms with van der Waals surface area (Å²) in [5, 5.41) is 0. The van der Waals surface area contributed by atoms with Crippen molar-refractivity contribution in [2.75, 3.05) is 18.9 Å². The van der Waals surface area contributed by atoms with Crippen molar-refractivity contribution in [2.24, 2.45) is 0 Å². The number of nitrogens with two attached hydrogens (primary N) is 1. The van der Waals surface area contributed by atoms with E-state index < -0.39 is 44.4 Å². The molecule has 0 spiro atoms. The summed E-state index contributed by atoms with van der Waals surface area (Å²) in [5.74, 6) is -2.77. The lowest BCUT2D eigenvalue weighted by atomic mass is 9.97. The van der Waals surface area contributed by atoms with Crippen molar-refractivity contribution < 1.29 is 36.4 Å². The molecule has 0 saturated carbocycles. The first-order chi connectivity index (χ1) is 14.0. The molecule has 0 bridgehead atoms. The van der Waals surface area contributed by atoms with Crippen molar-refractivity contribution in [1.82, 2.24) is 19.5 Å². The fourth-order valence-corrected chi connectivity index (χ4v) is 5.13. The van der Waals surface area contributed by atoms with Gasteiger partial charge < -0.3 is 15.2 Å². The molecular weight excluding hydrogens is 427 g/mol. The monoisotopic (exact) mass is 449 g/mol. The first kappa shape index (κ1) is 21.3. The van der Waals surface area contributed by atoms with Crippen LogP contribution in [0.25, 0.3) is 11.2 Å². The number of rotatable bonds is 5. The van der Waals surface area contributed by atoms with Crippen molar-refractivity contribution in [3.63, 3.8) is 0 Å². The van der Waals surface area contributed by atoms with Crippen LogP contribution in [0.15, 0.2) is 6.33 Å². The highest BCUT2D eigenvalue weighted by Gasteiger charge is 2.70. The maximum atomic E-state index is 15.9. The van der Waals surface area contributed by atoms with Crippen LogP contribution in [0.1, 0.15) is 33.9 Å². The van der Waals surface area contributed by atoms with E-state index in [9.17, 15) is 4.57 Å². The van der Waals surface area contributed by atoms with Gasteiger partial charge in [-0.3, -0.25) is 18.1 Å². The van der Waals surface area contributed by atoms with Gasteiger partial charge in [0.15, 0.2) is 29.2 Å². The van der Waals surface area contributed by atoms with Gasteiger partial charge in [-0.25, -0.2) is 18.3 Å². The summed E-state index contributed by atoms with van der Waals surface area (Å²) in [6.07, 6.45) is -2.83. The molecule has 2 N–H and O–H groups in total. The lowest BCUT2D eigenvalue weighted by Gasteiger charge is -2.36. The van der Waals surface area contributed by atoms with E-state index in [1.807, 2.05) is 0 Å². The minimum absolute atomic E-state index is 0.0737. The smallest absolute Gasteiger partial charge is 0.475 e. The van der Waals surface area contributed by atoms with Crippen LogP contribution in [0.4, 0.5) is 14.7 Å². The number of imidazole rings is 1. The van der Waals surface area contributed by atoms with Crippen molar-refractivity contribution >= 4 is 24.9 Å². The summed E-state index contributed by atoms with van der Waals surface area (Å²) in [5.41, 5.74) is 3.49. The molecule has 2 aromatic rings. The highest BCUT2D eigenvalue weighted by atomic mass is 31.2. The van der Waals surface area contributed by atoms with E-state index in [0.29, 0.717) is 0 Å². The predicted octanol–water partition coefficient (Wildman–Crippen LogP) is 2.68. The van der Waals surface area contributed by atoms with Crippen LogP contribution < -0.4 is 10.5 Å². The lowest BCUT2D eigenvalue weighted by molar-refractivity contribution is -0.220. The van der Waals surface area contributed by atoms with E-state index >= 15 is 8.78 Å². The molecule has 4 rings (SSSR count). The Kier molecular flexibility index (Phi) is 5.02. The highest BCUT2D eigenvalue weighted by Crippen LogP contribution is 2.63. The van der Waals surface area contributed by atoms with Crippen LogP contribution in [-0.4, -0.2) is 56.5 Å². The average molecular weight is 449 g/mol. The summed E-state index contributed by atoms with van der Waals surface area (Å²) in [6, 6.07) is 0. The topological polar surface area (TPSA) is 133 Å². The fourth-order valence-electron chi connectivity index (χ4n) is 3.49. The lowest BCUT2D eigenvalue weighted by Crippen LogP contribution is -2.51. The molecule has 2 aromatic heterocycles. The summed E-state index contributed by atoms with van der Waals surface area (Å²) in [6.45, 7) is 5.42. The molecule has 30 heavy (non-hydrogen) atoms. The van der Waals surface area contributed by atoms with Gasteiger partial charge in [-0.2, -0.15) is 9.97 Å². The number of anilines is 1. The molecular formula is C16H22F2N5O6P. The van der Waals surface area contributed by atoms with Crippen molar-refractivity contribution in [1.29, 1.82) is 0 Å². The highest BCUT2D eigenvalue weighted by molar-refractivity contribution is 7.48. The summed E-state index contributed by atoms with van der Waals surface area (Å²) in [7, 11) is -4.19. The number of fused-ring (bicyclic) bond motifs is 2. The number of alkyl halides is 2. The summed E-state index contributed by atoms with van der Waals surface area (Å²) >= 11 is 0. The molecule has 0 aromatic carbocycles. The number of halogens is 2. The third-order valence-electron chi connectivity index (χ3n) is 4.63. The number of phosphoric acid groups is 1. The summed E-state index contributed by atoms with van der Waals surface area (Å²) < 4.78 is 71.2. The standard InChI is InChI=1S/C16H22F2N5O6P/c1-5-25-11-9-10(21-14(19)22-11)23(7-20-9)13-15(4,17)12-16(18,27-13)6-26-30(24,29-12)28-8(2)3/h7-8,12-13H,5-6H2,1-4H3,(H2,19,21,22)/t12-,13+,15+,16+,30?/m0/s1. The molecule has 5 atom stereocenters. The van der Waals surface area contributed by atoms with Gasteiger partial charge in [-0.05, 0) is 27.7 Å². The van der Waals surface area contributed by atoms with E-state index in [1.54, 1.807) is 20.8 Å². The number of nitrogens with zero attached hydrogens (tertiary/aromatic N) is 4. The zero-order valence-electron chi connectivity index (χ0n) is 16.7. The first-order valence-electron chi connectivity index (χ1n) is 9.29. The van der Waals surface area contributed by atoms with Gasteiger partial charge in [0.2, 0.25) is 11.8 Å². The molecule has 2 aliphatic heterocycles. The van der Waals surface area contributed by atoms with E-state index in [4.69, 9.17) is 28.8 Å². The molecule has 2 aliphatic rings. The quantitative estimate of drug-likeness (QED) is 0.679. The number of hydrogen-bond acceptors (Lipinski definition) is 10. The van der Waals surface area contributed by atoms with E-state index in [0.717, 1.165) is 11.5 Å². The number of hydrogen-bond donors (Lipinski definition) is 1. The average Bonchev–Trinajstić information content (AvgIpc) is 3.13. The Hall–Kier alpha value is -1.92. The zero-order valence-corrected chi connectivity index (χ0v) is 17.6. The second kappa shape index (κ2) is 7.06. The van der Waals surface area contributed by atoms with E-state index in [-0.39, 0.29) is 29.6 Å². The first-order valence-corrected chi connectivity index (χ1v) is 10.7. The molecule has 0 aliphatic carbocycles. The maximum Gasteiger partial charge on any atom is 0.475 e. The predicted molar refractivity (Wildman–Crippen MR) is 99.0 cm³/mol. The van der Waals surface area contributed by atoms with Gasteiger partial charge >= 0.3 is 7.82 Å². The Morgan fingerprint density at radius 2 is 2.17 bits per heavy atom. The van der Waals surface area contributed by atoms with Crippen LogP contribution in [0.5, 0.6) is 5.88 Å². The number of nitrogen functional groups attached to an aromatic ring is 1. The van der Waals surface area contributed by atoms with Gasteiger partial charge in [0.1, 0.15) is 6.61 Å². The van der Waals surface area contributed by atoms with Crippen LogP contribution >= 0.6 is 7.82 Å². The zero-order chi connectivity index (χ0) is 21.9. The number of phosphoric ester groups is 1. The molecule has 0 radical (unpaired) electrons. The Morgan fingerprint density at radius 1 is 1.43 bits per heavy atom. The van der Waals surface area contributed by atoms with Crippen LogP contribution in [-0.2, 0) is 22.9 Å². The van der Waals surface area contributed by atoms with Gasteiger partial charge in [-0.1, -0.05) is 0 Å². The molecule has 14 heteroatoms. The molecule has 2 fully saturated rings. The van der Waals surface area contributed by atoms with Gasteiger partial charge in [0.25, 0.3) is 5.85 Å². The van der Waals surface area contributed by atoms with Gasteiger partial charge in [0.05, 0.1) is 19.0 Å². The normalized spacial score (nSPS) is 36.4. The number of ether oxygens (including phenoxy) is 2. The van der Waals surface area contributed by atoms with E-state index in [1.165, 1.54) is 6.33 Å².